The second-order valence-corrected chi connectivity index (χ2v) is 9.77. The van der Waals surface area contributed by atoms with Gasteiger partial charge in [-0.25, -0.2) is 14.4 Å². The number of ether oxygens (including phenoxy) is 1. The first-order chi connectivity index (χ1) is 17.2. The Labute approximate surface area is 211 Å². The number of aliphatic hydroxyl groups is 3. The van der Waals surface area contributed by atoms with Crippen LogP contribution in [0.4, 0.5) is 10.1 Å². The highest BCUT2D eigenvalue weighted by atomic mass is 32.1. The van der Waals surface area contributed by atoms with Gasteiger partial charge in [-0.1, -0.05) is 18.7 Å². The summed E-state index contributed by atoms with van der Waals surface area (Å²) in [6.07, 6.45) is -2.51. The number of rotatable bonds is 7. The van der Waals surface area contributed by atoms with Gasteiger partial charge in [-0.15, -0.1) is 20.6 Å². The van der Waals surface area contributed by atoms with E-state index in [1.54, 1.807) is 22.7 Å². The van der Waals surface area contributed by atoms with Crippen LogP contribution in [-0.4, -0.2) is 37.4 Å². The molecule has 2 aromatic carbocycles. The molecule has 0 aliphatic carbocycles. The minimum absolute atomic E-state index is 0.0434. The minimum Gasteiger partial charge on any atom is -0.417 e. The van der Waals surface area contributed by atoms with Crippen LogP contribution in [-0.2, 0) is 6.42 Å². The highest BCUT2D eigenvalue weighted by molar-refractivity contribution is 7.17. The average Bonchev–Trinajstić information content (AvgIpc) is 3.30. The molecule has 0 radical (unpaired) electrons. The Bertz CT molecular complexity index is 1570. The largest absolute Gasteiger partial charge is 0.453 e. The van der Waals surface area contributed by atoms with Crippen LogP contribution in [0.1, 0.15) is 17.7 Å². The molecule has 184 valence electrons. The third kappa shape index (κ3) is 5.13. The van der Waals surface area contributed by atoms with E-state index in [4.69, 9.17) is 25.4 Å². The van der Waals surface area contributed by atoms with Gasteiger partial charge in [0.15, 0.2) is 0 Å². The molecule has 2 unspecified atom stereocenters. The Morgan fingerprint density at radius 1 is 1.11 bits per heavy atom. The fourth-order valence-corrected chi connectivity index (χ4v) is 4.81. The number of aryl methyl sites for hydroxylation is 1. The van der Waals surface area contributed by atoms with E-state index < -0.39 is 12.1 Å². The standard InChI is InChI=1S/C25H22FN4O4PS/c1-14-23(15-2-7-18(8-3-15)34-25(31,32)33)24-20(9-4-16(28-24)5-11-22(26)35)29-30(14)17-6-10-19-21(12-17)36-13-27-19/h2-4,6-10,12-13,22,31-33H,1,5,11,35H2. The molecule has 4 aromatic rings. The molecule has 2 aromatic heterocycles. The van der Waals surface area contributed by atoms with Gasteiger partial charge >= 0.3 is 6.16 Å². The summed E-state index contributed by atoms with van der Waals surface area (Å²) >= 11 is 1.53. The van der Waals surface area contributed by atoms with Gasteiger partial charge in [0.05, 0.1) is 27.1 Å². The second-order valence-electron chi connectivity index (χ2n) is 8.16. The van der Waals surface area contributed by atoms with Gasteiger partial charge in [-0.2, -0.15) is 5.10 Å². The maximum atomic E-state index is 13.4. The summed E-state index contributed by atoms with van der Waals surface area (Å²) in [5.41, 5.74) is 6.19. The Kier molecular flexibility index (Phi) is 6.55. The summed E-state index contributed by atoms with van der Waals surface area (Å²) in [5.74, 6) is -0.978. The van der Waals surface area contributed by atoms with Crippen LogP contribution in [0.5, 0.6) is 5.75 Å². The van der Waals surface area contributed by atoms with Crippen LogP contribution in [0.25, 0.3) is 15.8 Å². The van der Waals surface area contributed by atoms with E-state index in [0.29, 0.717) is 40.4 Å². The number of nitrogens with zero attached hydrogens (tertiary/aromatic N) is 4. The third-order valence-electron chi connectivity index (χ3n) is 5.55. The lowest BCUT2D eigenvalue weighted by Crippen LogP contribution is -2.41. The van der Waals surface area contributed by atoms with Gasteiger partial charge in [0, 0.05) is 11.3 Å². The summed E-state index contributed by atoms with van der Waals surface area (Å²) in [5, 5.41) is 35.1. The summed E-state index contributed by atoms with van der Waals surface area (Å²) in [6.45, 7) is 4.31. The van der Waals surface area contributed by atoms with Crippen LogP contribution in [0, 0.1) is 0 Å². The fraction of sp³-hybridized carbons (Fsp3) is 0.160. The van der Waals surface area contributed by atoms with Gasteiger partial charge in [0.2, 0.25) is 0 Å². The summed E-state index contributed by atoms with van der Waals surface area (Å²) in [4.78, 5) is 9.13. The highest BCUT2D eigenvalue weighted by Gasteiger charge is 2.24. The first-order valence-corrected chi connectivity index (χ1v) is 12.5. The van der Waals surface area contributed by atoms with Crippen molar-refractivity contribution < 1.29 is 24.4 Å². The summed E-state index contributed by atoms with van der Waals surface area (Å²) < 4.78 is 19.1. The number of allylic oxidation sites excluding steroid dienone is 1. The zero-order valence-electron chi connectivity index (χ0n) is 18.9. The smallest absolute Gasteiger partial charge is 0.417 e. The van der Waals surface area contributed by atoms with E-state index in [1.807, 2.05) is 30.3 Å². The first kappa shape index (κ1) is 24.4. The van der Waals surface area contributed by atoms with E-state index in [-0.39, 0.29) is 5.75 Å². The first-order valence-electron chi connectivity index (χ1n) is 11.0. The Balaban J connectivity index is 1.64. The SMILES string of the molecule is C=C1C(c2ccc(OC(O)(O)O)cc2)=c2nc(CCC(F)P)ccc2=NN1c1ccc2ncsc2c1. The third-order valence-corrected chi connectivity index (χ3v) is 6.68. The van der Waals surface area contributed by atoms with Crippen molar-refractivity contribution in [3.63, 3.8) is 0 Å². The number of pyridine rings is 1. The van der Waals surface area contributed by atoms with Crippen molar-refractivity contribution in [2.24, 2.45) is 5.10 Å². The second kappa shape index (κ2) is 9.65. The number of hydrogen-bond donors (Lipinski definition) is 3. The van der Waals surface area contributed by atoms with Gasteiger partial charge in [0.25, 0.3) is 0 Å². The van der Waals surface area contributed by atoms with E-state index in [1.165, 1.54) is 23.5 Å². The van der Waals surface area contributed by atoms with Crippen LogP contribution in [0.3, 0.4) is 0 Å². The number of halogens is 1. The van der Waals surface area contributed by atoms with Crippen molar-refractivity contribution in [1.29, 1.82) is 0 Å². The number of fused-ring (bicyclic) bond motifs is 2. The summed E-state index contributed by atoms with van der Waals surface area (Å²) in [6, 6.07) is 15.9. The van der Waals surface area contributed by atoms with E-state index >= 15 is 0 Å². The van der Waals surface area contributed by atoms with Gasteiger partial charge in [-0.3, -0.25) is 4.98 Å². The monoisotopic (exact) mass is 524 g/mol. The molecule has 1 aliphatic rings. The van der Waals surface area contributed by atoms with Crippen molar-refractivity contribution >= 4 is 42.1 Å². The summed E-state index contributed by atoms with van der Waals surface area (Å²) in [7, 11) is 2.15. The molecule has 3 heterocycles. The van der Waals surface area contributed by atoms with Crippen LogP contribution in [0.15, 0.2) is 77.5 Å². The molecular weight excluding hydrogens is 502 g/mol. The molecule has 0 bridgehead atoms. The van der Waals surface area contributed by atoms with Crippen LogP contribution >= 0.6 is 20.6 Å². The van der Waals surface area contributed by atoms with Gasteiger partial charge < -0.3 is 20.1 Å². The molecule has 0 saturated heterocycles. The highest BCUT2D eigenvalue weighted by Crippen LogP contribution is 2.32. The number of benzene rings is 2. The van der Waals surface area contributed by atoms with Gasteiger partial charge in [0.1, 0.15) is 22.4 Å². The topological polar surface area (TPSA) is 111 Å². The minimum atomic E-state index is -3.29. The lowest BCUT2D eigenvalue weighted by atomic mass is 10.00. The molecule has 0 amide bonds. The quantitative estimate of drug-likeness (QED) is 0.252. The maximum absolute atomic E-state index is 13.4. The molecule has 2 atom stereocenters. The number of aromatic nitrogens is 2. The van der Waals surface area contributed by atoms with Gasteiger partial charge in [-0.05, 0) is 60.9 Å². The van der Waals surface area contributed by atoms with Crippen molar-refractivity contribution in [1.82, 2.24) is 9.97 Å². The number of thiazole rings is 1. The van der Waals surface area contributed by atoms with Crippen molar-refractivity contribution in [3.8, 4) is 5.75 Å². The van der Waals surface area contributed by atoms with E-state index in [2.05, 4.69) is 25.5 Å². The van der Waals surface area contributed by atoms with Crippen molar-refractivity contribution in [2.45, 2.75) is 24.9 Å². The zero-order chi connectivity index (χ0) is 25.4. The number of alkyl halides is 1. The van der Waals surface area contributed by atoms with E-state index in [0.717, 1.165) is 21.6 Å². The number of anilines is 1. The molecule has 36 heavy (non-hydrogen) atoms. The van der Waals surface area contributed by atoms with Crippen molar-refractivity contribution in [3.05, 3.63) is 94.3 Å². The van der Waals surface area contributed by atoms with Crippen molar-refractivity contribution in [2.75, 3.05) is 5.01 Å². The lowest BCUT2D eigenvalue weighted by Gasteiger charge is -2.27. The molecular formula is C25H22FN4O4PS. The maximum Gasteiger partial charge on any atom is 0.453 e. The Hall–Kier alpha value is -3.27. The lowest BCUT2D eigenvalue weighted by molar-refractivity contribution is -0.419. The molecule has 0 fully saturated rings. The predicted octanol–water partition coefficient (Wildman–Crippen LogP) is 2.53. The molecule has 3 N–H and O–H groups in total. The molecule has 0 saturated carbocycles. The predicted molar refractivity (Wildman–Crippen MR) is 138 cm³/mol. The molecule has 11 heteroatoms. The molecule has 1 aliphatic heterocycles. The average molecular weight is 525 g/mol. The Morgan fingerprint density at radius 2 is 1.89 bits per heavy atom. The number of hydrogen-bond acceptors (Lipinski definition) is 9. The van der Waals surface area contributed by atoms with E-state index in [9.17, 15) is 4.39 Å². The fourth-order valence-electron chi connectivity index (χ4n) is 3.93. The molecule has 0 spiro atoms. The Morgan fingerprint density at radius 3 is 2.61 bits per heavy atom. The van der Waals surface area contributed by atoms with Crippen LogP contribution < -0.4 is 20.5 Å². The van der Waals surface area contributed by atoms with Crippen LogP contribution in [0.2, 0.25) is 0 Å². The normalized spacial score (nSPS) is 14.5. The molecule has 8 nitrogen and oxygen atoms in total. The molecule has 5 rings (SSSR count). The zero-order valence-corrected chi connectivity index (χ0v) is 20.8.